The first kappa shape index (κ1) is 12.4. The Bertz CT molecular complexity index is 522. The third-order valence-electron chi connectivity index (χ3n) is 3.46. The topological polar surface area (TPSA) is 37.4 Å². The average molecular weight is 253 g/mol. The van der Waals surface area contributed by atoms with Gasteiger partial charge in [0.2, 0.25) is 0 Å². The fourth-order valence-corrected chi connectivity index (χ4v) is 3.25. The number of aryl methyl sites for hydroxylation is 2. The molecule has 0 saturated carbocycles. The fourth-order valence-electron chi connectivity index (χ4n) is 2.21. The van der Waals surface area contributed by atoms with Gasteiger partial charge in [0.15, 0.2) is 0 Å². The zero-order chi connectivity index (χ0) is 12.6. The molecule has 1 aliphatic rings. The van der Waals surface area contributed by atoms with E-state index in [1.54, 1.807) is 0 Å². The van der Waals surface area contributed by atoms with Gasteiger partial charge < -0.3 is 4.90 Å². The first-order valence-corrected chi connectivity index (χ1v) is 7.94. The minimum absolute atomic E-state index is 0.159. The second kappa shape index (κ2) is 4.33. The Hall–Kier alpha value is -1.03. The molecule has 1 saturated heterocycles. The van der Waals surface area contributed by atoms with Gasteiger partial charge >= 0.3 is 0 Å². The highest BCUT2D eigenvalue weighted by atomic mass is 32.2. The van der Waals surface area contributed by atoms with Gasteiger partial charge in [0.25, 0.3) is 0 Å². The summed E-state index contributed by atoms with van der Waals surface area (Å²) >= 11 is 0. The maximum Gasteiger partial charge on any atom is 0.149 e. The molecule has 2 rings (SSSR count). The molecule has 3 nitrogen and oxygen atoms in total. The largest absolute Gasteiger partial charge is 0.367 e. The number of hydrogen-bond donors (Lipinski definition) is 0. The number of rotatable bonds is 3. The van der Waals surface area contributed by atoms with E-state index < -0.39 is 9.84 Å². The van der Waals surface area contributed by atoms with Crippen molar-refractivity contribution in [3.8, 4) is 0 Å². The van der Waals surface area contributed by atoms with Gasteiger partial charge in [-0.1, -0.05) is 6.07 Å². The molecule has 0 bridgehead atoms. The first-order chi connectivity index (χ1) is 7.87. The van der Waals surface area contributed by atoms with E-state index in [4.69, 9.17) is 0 Å². The van der Waals surface area contributed by atoms with Crippen molar-refractivity contribution >= 4 is 15.5 Å². The number of anilines is 1. The van der Waals surface area contributed by atoms with Crippen LogP contribution in [0.4, 0.5) is 5.69 Å². The molecule has 0 aromatic heterocycles. The van der Waals surface area contributed by atoms with Crippen molar-refractivity contribution in [1.29, 1.82) is 0 Å². The monoisotopic (exact) mass is 253 g/mol. The Balaban J connectivity index is 2.15. The molecule has 1 aromatic carbocycles. The quantitative estimate of drug-likeness (QED) is 0.826. The van der Waals surface area contributed by atoms with Crippen molar-refractivity contribution in [2.24, 2.45) is 0 Å². The summed E-state index contributed by atoms with van der Waals surface area (Å²) < 4.78 is 22.6. The van der Waals surface area contributed by atoms with E-state index in [2.05, 4.69) is 36.9 Å². The minimum Gasteiger partial charge on any atom is -0.367 e. The van der Waals surface area contributed by atoms with E-state index in [0.29, 0.717) is 0 Å². The Labute approximate surface area is 103 Å². The Morgan fingerprint density at radius 2 is 2.00 bits per heavy atom. The molecule has 4 heteroatoms. The molecule has 0 radical (unpaired) electrons. The summed E-state index contributed by atoms with van der Waals surface area (Å²) in [6, 6.07) is 6.48. The molecule has 0 aliphatic carbocycles. The number of nitrogens with zero attached hydrogens (tertiary/aromatic N) is 1. The van der Waals surface area contributed by atoms with Crippen LogP contribution in [0.3, 0.4) is 0 Å². The summed E-state index contributed by atoms with van der Waals surface area (Å²) in [7, 11) is -2.89. The normalized spacial score (nSPS) is 20.2. The molecule has 1 aromatic rings. The molecule has 0 unspecified atom stereocenters. The molecule has 94 valence electrons. The van der Waals surface area contributed by atoms with Crippen molar-refractivity contribution in [3.05, 3.63) is 29.3 Å². The maximum atomic E-state index is 11.3. The van der Waals surface area contributed by atoms with Crippen LogP contribution in [0, 0.1) is 13.8 Å². The van der Waals surface area contributed by atoms with Crippen LogP contribution in [0.2, 0.25) is 0 Å². The molecule has 0 N–H and O–H groups in total. The summed E-state index contributed by atoms with van der Waals surface area (Å²) in [5.41, 5.74) is 3.68. The van der Waals surface area contributed by atoms with Crippen LogP contribution in [-0.4, -0.2) is 33.0 Å². The Morgan fingerprint density at radius 3 is 2.47 bits per heavy atom. The zero-order valence-electron chi connectivity index (χ0n) is 10.6. The molecule has 17 heavy (non-hydrogen) atoms. The van der Waals surface area contributed by atoms with E-state index in [1.807, 2.05) is 0 Å². The highest BCUT2D eigenvalue weighted by Crippen LogP contribution is 2.28. The van der Waals surface area contributed by atoms with Crippen LogP contribution < -0.4 is 4.90 Å². The maximum absolute atomic E-state index is 11.3. The van der Waals surface area contributed by atoms with Crippen molar-refractivity contribution in [1.82, 2.24) is 0 Å². The third kappa shape index (κ3) is 2.80. The SMILES string of the molecule is Cc1ccc(N2CC[C@H]2CS(C)(=O)=O)cc1C. The van der Waals surface area contributed by atoms with Gasteiger partial charge in [-0.25, -0.2) is 8.42 Å². The second-order valence-electron chi connectivity index (χ2n) is 5.00. The molecule has 1 atom stereocenters. The molecular weight excluding hydrogens is 234 g/mol. The molecule has 1 aliphatic heterocycles. The van der Waals surface area contributed by atoms with Crippen LogP contribution in [0.1, 0.15) is 17.5 Å². The van der Waals surface area contributed by atoms with Crippen LogP contribution in [0.15, 0.2) is 18.2 Å². The summed E-state index contributed by atoms with van der Waals surface area (Å²) in [6.07, 6.45) is 2.28. The first-order valence-electron chi connectivity index (χ1n) is 5.88. The number of hydrogen-bond acceptors (Lipinski definition) is 3. The van der Waals surface area contributed by atoms with Gasteiger partial charge in [-0.2, -0.15) is 0 Å². The predicted octanol–water partition coefficient (Wildman–Crippen LogP) is 1.93. The van der Waals surface area contributed by atoms with Crippen LogP contribution in [0.25, 0.3) is 0 Å². The number of benzene rings is 1. The summed E-state index contributed by atoms with van der Waals surface area (Å²) in [5, 5.41) is 0. The second-order valence-corrected chi connectivity index (χ2v) is 7.18. The Morgan fingerprint density at radius 1 is 1.29 bits per heavy atom. The minimum atomic E-state index is -2.89. The summed E-state index contributed by atoms with van der Waals surface area (Å²) in [6.45, 7) is 5.14. The third-order valence-corrected chi connectivity index (χ3v) is 4.45. The van der Waals surface area contributed by atoms with E-state index in [9.17, 15) is 8.42 Å². The number of sulfone groups is 1. The standard InChI is InChI=1S/C13H19NO2S/c1-10-4-5-12(8-11(10)2)14-7-6-13(14)9-17(3,15)16/h4-5,8,13H,6-7,9H2,1-3H3/t13-/m0/s1. The van der Waals surface area contributed by atoms with Gasteiger partial charge in [-0.15, -0.1) is 0 Å². The molecule has 1 heterocycles. The molecule has 0 amide bonds. The van der Waals surface area contributed by atoms with Crippen LogP contribution in [-0.2, 0) is 9.84 Å². The summed E-state index contributed by atoms with van der Waals surface area (Å²) in [4.78, 5) is 2.19. The average Bonchev–Trinajstić information content (AvgIpc) is 2.17. The lowest BCUT2D eigenvalue weighted by Gasteiger charge is -2.42. The molecular formula is C13H19NO2S. The van der Waals surface area contributed by atoms with Crippen molar-refractivity contribution < 1.29 is 8.42 Å². The van der Waals surface area contributed by atoms with Gasteiger partial charge in [0, 0.05) is 24.5 Å². The van der Waals surface area contributed by atoms with E-state index in [1.165, 1.54) is 17.4 Å². The van der Waals surface area contributed by atoms with Crippen LogP contribution in [0.5, 0.6) is 0 Å². The van der Waals surface area contributed by atoms with Crippen molar-refractivity contribution in [3.63, 3.8) is 0 Å². The lowest BCUT2D eigenvalue weighted by molar-refractivity contribution is 0.476. The van der Waals surface area contributed by atoms with Crippen LogP contribution >= 0.6 is 0 Å². The fraction of sp³-hybridized carbons (Fsp3) is 0.538. The predicted molar refractivity (Wildman–Crippen MR) is 71.4 cm³/mol. The molecule has 1 fully saturated rings. The highest BCUT2D eigenvalue weighted by Gasteiger charge is 2.30. The van der Waals surface area contributed by atoms with Gasteiger partial charge in [0.05, 0.1) is 5.75 Å². The molecule has 0 spiro atoms. The lowest BCUT2D eigenvalue weighted by atomic mass is 10.0. The highest BCUT2D eigenvalue weighted by molar-refractivity contribution is 7.90. The van der Waals surface area contributed by atoms with Crippen molar-refractivity contribution in [2.45, 2.75) is 26.3 Å². The lowest BCUT2D eigenvalue weighted by Crippen LogP contribution is -2.51. The van der Waals surface area contributed by atoms with Gasteiger partial charge in [0.1, 0.15) is 9.84 Å². The Kier molecular flexibility index (Phi) is 3.17. The summed E-state index contributed by atoms with van der Waals surface area (Å²) in [5.74, 6) is 0.264. The van der Waals surface area contributed by atoms with E-state index in [0.717, 1.165) is 18.7 Å². The van der Waals surface area contributed by atoms with Gasteiger partial charge in [-0.05, 0) is 43.5 Å². The van der Waals surface area contributed by atoms with Gasteiger partial charge in [-0.3, -0.25) is 0 Å². The van der Waals surface area contributed by atoms with Crippen molar-refractivity contribution in [2.75, 3.05) is 23.5 Å². The van der Waals surface area contributed by atoms with E-state index in [-0.39, 0.29) is 11.8 Å². The smallest absolute Gasteiger partial charge is 0.149 e. The zero-order valence-corrected chi connectivity index (χ0v) is 11.4. The van der Waals surface area contributed by atoms with E-state index >= 15 is 0 Å².